The fraction of sp³-hybridized carbons (Fsp3) is 1.00. The minimum absolute atomic E-state index is 0.441. The van der Waals surface area contributed by atoms with Gasteiger partial charge in [-0.1, -0.05) is 0 Å². The van der Waals surface area contributed by atoms with Crippen molar-refractivity contribution in [2.24, 2.45) is 0 Å². The van der Waals surface area contributed by atoms with Crippen LogP contribution in [-0.2, 0) is 0 Å². The van der Waals surface area contributed by atoms with Gasteiger partial charge in [-0.15, -0.1) is 0 Å². The summed E-state index contributed by atoms with van der Waals surface area (Å²) in [6, 6.07) is 0. The van der Waals surface area contributed by atoms with E-state index in [2.05, 4.69) is 49.6 Å². The zero-order chi connectivity index (χ0) is 10.3. The molecule has 1 saturated heterocycles. The van der Waals surface area contributed by atoms with Crippen LogP contribution in [0.5, 0.6) is 0 Å². The monoisotopic (exact) mass is 241 g/mol. The first-order valence-electron chi connectivity index (χ1n) is 5.36. The van der Waals surface area contributed by atoms with E-state index >= 15 is 0 Å². The van der Waals surface area contributed by atoms with Crippen LogP contribution in [0.2, 0.25) is 7.94 Å². The summed E-state index contributed by atoms with van der Waals surface area (Å²) in [6.07, 6.45) is 0. The third kappa shape index (κ3) is 1.84. The summed E-state index contributed by atoms with van der Waals surface area (Å²) in [5.41, 5.74) is 0. The van der Waals surface area contributed by atoms with E-state index in [1.807, 2.05) is 0 Å². The second-order valence-electron chi connectivity index (χ2n) is 6.51. The van der Waals surface area contributed by atoms with Crippen molar-refractivity contribution in [2.45, 2.75) is 49.5 Å². The molecule has 0 radical (unpaired) electrons. The summed E-state index contributed by atoms with van der Waals surface area (Å²) < 4.78 is 8.57. The first-order chi connectivity index (χ1) is 5.71. The van der Waals surface area contributed by atoms with Gasteiger partial charge in [0.15, 0.2) is 0 Å². The molecule has 0 aromatic rings. The van der Waals surface area contributed by atoms with Crippen LogP contribution in [0.3, 0.4) is 0 Å². The topological polar surface area (TPSA) is 24.1 Å². The first kappa shape index (κ1) is 11.6. The summed E-state index contributed by atoms with van der Waals surface area (Å²) in [4.78, 5) is 0. The predicted molar refractivity (Wildman–Crippen MR) is 61.2 cm³/mol. The molecule has 1 heterocycles. The molecular weight excluding hydrogens is 218 g/mol. The van der Waals surface area contributed by atoms with E-state index < -0.39 is 15.5 Å². The van der Waals surface area contributed by atoms with E-state index in [-0.39, 0.29) is 0 Å². The van der Waals surface area contributed by atoms with E-state index in [4.69, 9.17) is 0 Å². The summed E-state index contributed by atoms with van der Waals surface area (Å²) in [6.45, 7) is 16.6. The molecule has 3 heteroatoms. The van der Waals surface area contributed by atoms with Crippen molar-refractivity contribution in [1.29, 1.82) is 0 Å². The fourth-order valence-corrected chi connectivity index (χ4v) is 16.5. The average Bonchev–Trinajstić information content (AvgIpc) is 2.28. The fourth-order valence-electron chi connectivity index (χ4n) is 3.17. The van der Waals surface area contributed by atoms with Crippen LogP contribution in [0, 0.1) is 0 Å². The zero-order valence-electron chi connectivity index (χ0n) is 9.99. The molecule has 2 N–H and O–H groups in total. The molecule has 0 bridgehead atoms. The van der Waals surface area contributed by atoms with E-state index in [1.165, 1.54) is 13.1 Å². The third-order valence-electron chi connectivity index (χ3n) is 3.62. The van der Waals surface area contributed by atoms with Gasteiger partial charge in [-0.25, -0.2) is 0 Å². The molecule has 2 nitrogen and oxygen atoms in total. The molecule has 1 aliphatic heterocycles. The maximum absolute atomic E-state index is 3.84. The molecule has 0 aliphatic carbocycles. The van der Waals surface area contributed by atoms with E-state index in [0.29, 0.717) is 7.94 Å². The summed E-state index contributed by atoms with van der Waals surface area (Å²) >= 11 is -2.28. The molecule has 13 heavy (non-hydrogen) atoms. The van der Waals surface area contributed by atoms with Crippen LogP contribution < -0.4 is 8.05 Å². The molecule has 0 aromatic carbocycles. The molecule has 0 amide bonds. The average molecular weight is 242 g/mol. The number of nitrogens with one attached hydrogen (secondary N) is 2. The number of hydrogen-bond donors (Lipinski definition) is 2. The van der Waals surface area contributed by atoms with E-state index in [9.17, 15) is 0 Å². The SMILES string of the molecule is C[C](C)(C)[Ga-]1([C](C)(C)C)[NH]CC[NH]1. The standard InChI is InChI=1S/2C4H9.C2H6N2.Ga/c2*1-4(2)3;3-1-2-4;/h2*1-3H3;3-4H,1-2H2;/q;;-2;+1. The molecule has 0 unspecified atom stereocenters. The van der Waals surface area contributed by atoms with Gasteiger partial charge in [-0.2, -0.15) is 0 Å². The van der Waals surface area contributed by atoms with Gasteiger partial charge in [0.2, 0.25) is 0 Å². The Labute approximate surface area is 86.3 Å². The number of hydrogen-bond acceptors (Lipinski definition) is 2. The zero-order valence-corrected chi connectivity index (χ0v) is 12.4. The quantitative estimate of drug-likeness (QED) is 0.636. The molecule has 1 aliphatic rings. The van der Waals surface area contributed by atoms with E-state index in [0.717, 1.165) is 0 Å². The first-order valence-corrected chi connectivity index (χ1v) is 10.2. The molecule has 1 fully saturated rings. The Morgan fingerprint density at radius 1 is 0.769 bits per heavy atom. The van der Waals surface area contributed by atoms with Crippen molar-refractivity contribution >= 4 is 15.5 Å². The van der Waals surface area contributed by atoms with Crippen molar-refractivity contribution in [1.82, 2.24) is 8.05 Å². The Kier molecular flexibility index (Phi) is 2.95. The summed E-state index contributed by atoms with van der Waals surface area (Å²) in [5, 5.41) is 0. The Morgan fingerprint density at radius 3 is 1.23 bits per heavy atom. The minimum atomic E-state index is -2.28. The van der Waals surface area contributed by atoms with Crippen molar-refractivity contribution in [3.05, 3.63) is 0 Å². The second-order valence-corrected chi connectivity index (χ2v) is 19.1. The predicted octanol–water partition coefficient (Wildman–Crippen LogP) is 2.22. The molecule has 78 valence electrons. The molecule has 0 aromatic heterocycles. The second kappa shape index (κ2) is 3.30. The Morgan fingerprint density at radius 2 is 1.08 bits per heavy atom. The Hall–Kier alpha value is 0.556. The van der Waals surface area contributed by atoms with Gasteiger partial charge in [-0.3, -0.25) is 0 Å². The maximum atomic E-state index is 3.84. The van der Waals surface area contributed by atoms with Crippen molar-refractivity contribution in [3.8, 4) is 0 Å². The Bertz CT molecular complexity index is 166. The van der Waals surface area contributed by atoms with Crippen LogP contribution in [0.25, 0.3) is 0 Å². The van der Waals surface area contributed by atoms with Crippen LogP contribution in [0.15, 0.2) is 0 Å². The van der Waals surface area contributed by atoms with Crippen LogP contribution in [0.1, 0.15) is 41.5 Å². The van der Waals surface area contributed by atoms with Crippen molar-refractivity contribution in [3.63, 3.8) is 0 Å². The van der Waals surface area contributed by atoms with Gasteiger partial charge in [0.25, 0.3) is 0 Å². The van der Waals surface area contributed by atoms with Crippen molar-refractivity contribution in [2.75, 3.05) is 13.1 Å². The van der Waals surface area contributed by atoms with Gasteiger partial charge < -0.3 is 0 Å². The molecule has 1 rings (SSSR count). The Balaban J connectivity index is 3.02. The number of rotatable bonds is 0. The summed E-state index contributed by atoms with van der Waals surface area (Å²) in [5.74, 6) is 0. The van der Waals surface area contributed by atoms with Crippen LogP contribution in [-0.4, -0.2) is 28.6 Å². The van der Waals surface area contributed by atoms with Crippen LogP contribution in [0.4, 0.5) is 0 Å². The van der Waals surface area contributed by atoms with Gasteiger partial charge in [-0.05, 0) is 0 Å². The summed E-state index contributed by atoms with van der Waals surface area (Å²) in [7, 11) is 0. The van der Waals surface area contributed by atoms with Gasteiger partial charge in [0.1, 0.15) is 0 Å². The molecule has 0 spiro atoms. The van der Waals surface area contributed by atoms with Crippen LogP contribution >= 0.6 is 0 Å². The van der Waals surface area contributed by atoms with E-state index in [1.54, 1.807) is 0 Å². The van der Waals surface area contributed by atoms with Gasteiger partial charge in [0, 0.05) is 0 Å². The molecule has 0 atom stereocenters. The van der Waals surface area contributed by atoms with Gasteiger partial charge in [0.05, 0.1) is 0 Å². The van der Waals surface area contributed by atoms with Gasteiger partial charge >= 0.3 is 86.1 Å². The third-order valence-corrected chi connectivity index (χ3v) is 18.3. The molecular formula is C10H24GaN2-. The molecule has 0 saturated carbocycles. The normalized spacial score (nSPS) is 23.5. The van der Waals surface area contributed by atoms with Crippen molar-refractivity contribution < 1.29 is 0 Å².